The Morgan fingerprint density at radius 2 is 1.67 bits per heavy atom. The molecule has 0 saturated carbocycles. The van der Waals surface area contributed by atoms with Gasteiger partial charge in [0.1, 0.15) is 5.82 Å². The summed E-state index contributed by atoms with van der Waals surface area (Å²) >= 11 is 6.32. The average molecular weight is 400 g/mol. The molecule has 0 saturated heterocycles. The number of fused-ring (bicyclic) bond motifs is 1. The van der Waals surface area contributed by atoms with E-state index in [1.54, 1.807) is 24.3 Å². The predicted molar refractivity (Wildman–Crippen MR) is 105 cm³/mol. The van der Waals surface area contributed by atoms with Crippen molar-refractivity contribution in [2.24, 2.45) is 0 Å². The van der Waals surface area contributed by atoms with Crippen molar-refractivity contribution in [3.63, 3.8) is 0 Å². The molecule has 4 rings (SSSR count). The molecule has 7 nitrogen and oxygen atoms in total. The van der Waals surface area contributed by atoms with Crippen LogP contribution >= 0.6 is 11.6 Å². The van der Waals surface area contributed by atoms with Crippen molar-refractivity contribution in [1.29, 1.82) is 0 Å². The van der Waals surface area contributed by atoms with Crippen molar-refractivity contribution in [3.05, 3.63) is 59.6 Å². The van der Waals surface area contributed by atoms with Crippen LogP contribution in [0.25, 0.3) is 28.0 Å². The first-order chi connectivity index (χ1) is 12.9. The first-order valence-electron chi connectivity index (χ1n) is 7.93. The van der Waals surface area contributed by atoms with Gasteiger partial charge in [0.15, 0.2) is 5.65 Å². The molecule has 0 spiro atoms. The van der Waals surface area contributed by atoms with Crippen LogP contribution in [0.3, 0.4) is 0 Å². The molecule has 0 fully saturated rings. The van der Waals surface area contributed by atoms with E-state index in [4.69, 9.17) is 17.3 Å². The van der Waals surface area contributed by atoms with Crippen LogP contribution in [0, 0.1) is 0 Å². The minimum atomic E-state index is -3.66. The largest absolute Gasteiger partial charge is 0.383 e. The predicted octanol–water partition coefficient (Wildman–Crippen LogP) is 3.12. The molecule has 27 heavy (non-hydrogen) atoms. The lowest BCUT2D eigenvalue weighted by Gasteiger charge is -2.07. The third-order valence-corrected chi connectivity index (χ3v) is 5.19. The van der Waals surface area contributed by atoms with Crippen LogP contribution in [0.2, 0.25) is 5.02 Å². The molecular formula is C18H14ClN5O2S. The zero-order chi connectivity index (χ0) is 19.2. The van der Waals surface area contributed by atoms with E-state index in [-0.39, 0.29) is 10.8 Å². The summed E-state index contributed by atoms with van der Waals surface area (Å²) in [5.74, 6) is 0.297. The Bertz CT molecular complexity index is 1270. The summed E-state index contributed by atoms with van der Waals surface area (Å²) in [4.78, 5) is 8.37. The number of nitrogens with two attached hydrogens (primary N) is 1. The molecular weight excluding hydrogens is 386 g/mol. The fourth-order valence-corrected chi connectivity index (χ4v) is 3.51. The molecule has 136 valence electrons. The molecule has 2 N–H and O–H groups in total. The molecule has 9 heteroatoms. The lowest BCUT2D eigenvalue weighted by molar-refractivity contribution is 0.593. The highest BCUT2D eigenvalue weighted by molar-refractivity contribution is 7.90. The number of rotatable bonds is 3. The molecule has 2 aromatic heterocycles. The fraction of sp³-hybridized carbons (Fsp3) is 0.0556. The van der Waals surface area contributed by atoms with E-state index >= 15 is 0 Å². The van der Waals surface area contributed by atoms with Gasteiger partial charge in [0.25, 0.3) is 0 Å². The summed E-state index contributed by atoms with van der Waals surface area (Å²) in [5, 5.41) is 4.94. The van der Waals surface area contributed by atoms with Gasteiger partial charge in [0.2, 0.25) is 15.0 Å². The number of nitrogens with zero attached hydrogens (tertiary/aromatic N) is 4. The van der Waals surface area contributed by atoms with Crippen LogP contribution in [0.1, 0.15) is 0 Å². The Hall–Kier alpha value is -2.97. The summed E-state index contributed by atoms with van der Waals surface area (Å²) < 4.78 is 25.7. The van der Waals surface area contributed by atoms with Crippen molar-refractivity contribution in [2.75, 3.05) is 12.0 Å². The highest BCUT2D eigenvalue weighted by atomic mass is 35.5. The van der Waals surface area contributed by atoms with E-state index in [2.05, 4.69) is 15.1 Å². The number of hydrogen-bond acceptors (Lipinski definition) is 6. The van der Waals surface area contributed by atoms with Crippen LogP contribution in [0.4, 0.5) is 5.82 Å². The summed E-state index contributed by atoms with van der Waals surface area (Å²) in [6.45, 7) is 0. The highest BCUT2D eigenvalue weighted by Crippen LogP contribution is 2.35. The lowest BCUT2D eigenvalue weighted by Crippen LogP contribution is -2.06. The smallest absolute Gasteiger partial charge is 0.249 e. The van der Waals surface area contributed by atoms with Gasteiger partial charge in [0.05, 0.1) is 16.8 Å². The Balaban J connectivity index is 2.12. The van der Waals surface area contributed by atoms with Crippen LogP contribution in [0.15, 0.2) is 59.8 Å². The van der Waals surface area contributed by atoms with Gasteiger partial charge in [-0.15, -0.1) is 5.10 Å². The number of para-hydroxylation sites is 1. The minimum Gasteiger partial charge on any atom is -0.383 e. The number of halogens is 1. The second-order valence-corrected chi connectivity index (χ2v) is 8.25. The lowest BCUT2D eigenvalue weighted by atomic mass is 10.1. The van der Waals surface area contributed by atoms with Crippen molar-refractivity contribution in [1.82, 2.24) is 19.7 Å². The molecule has 2 heterocycles. The van der Waals surface area contributed by atoms with Crippen LogP contribution in [-0.2, 0) is 9.84 Å². The van der Waals surface area contributed by atoms with Crippen LogP contribution in [0.5, 0.6) is 0 Å². The minimum absolute atomic E-state index is 0.182. The topological polar surface area (TPSA) is 104 Å². The van der Waals surface area contributed by atoms with Crippen molar-refractivity contribution in [2.45, 2.75) is 5.16 Å². The van der Waals surface area contributed by atoms with E-state index in [0.717, 1.165) is 11.9 Å². The quantitative estimate of drug-likeness (QED) is 0.531. The van der Waals surface area contributed by atoms with Crippen molar-refractivity contribution >= 4 is 38.3 Å². The molecule has 0 atom stereocenters. The number of aromatic nitrogens is 4. The molecule has 0 radical (unpaired) electrons. The monoisotopic (exact) mass is 399 g/mol. The molecule has 4 aromatic rings. The summed E-state index contributed by atoms with van der Waals surface area (Å²) in [6, 6.07) is 16.3. The van der Waals surface area contributed by atoms with Crippen LogP contribution < -0.4 is 5.73 Å². The number of sulfone groups is 1. The van der Waals surface area contributed by atoms with Crippen molar-refractivity contribution < 1.29 is 8.42 Å². The van der Waals surface area contributed by atoms with Crippen molar-refractivity contribution in [3.8, 4) is 16.9 Å². The van der Waals surface area contributed by atoms with Gasteiger partial charge < -0.3 is 5.73 Å². The maximum atomic E-state index is 12.1. The Morgan fingerprint density at radius 3 is 2.33 bits per heavy atom. The summed E-state index contributed by atoms with van der Waals surface area (Å²) in [7, 11) is -3.66. The number of nitrogen functional groups attached to an aromatic ring is 1. The zero-order valence-electron chi connectivity index (χ0n) is 14.2. The fourth-order valence-electron chi connectivity index (χ4n) is 2.77. The number of hydrogen-bond donors (Lipinski definition) is 1. The normalized spacial score (nSPS) is 11.8. The maximum Gasteiger partial charge on any atom is 0.249 e. The van der Waals surface area contributed by atoms with E-state index in [0.29, 0.717) is 27.5 Å². The summed E-state index contributed by atoms with van der Waals surface area (Å²) in [6.07, 6.45) is 1.04. The second-order valence-electron chi connectivity index (χ2n) is 5.94. The maximum absolute atomic E-state index is 12.1. The Labute approximate surface area is 160 Å². The zero-order valence-corrected chi connectivity index (χ0v) is 15.7. The van der Waals surface area contributed by atoms with Gasteiger partial charge in [-0.05, 0) is 18.2 Å². The van der Waals surface area contributed by atoms with Crippen LogP contribution in [-0.4, -0.2) is 34.4 Å². The molecule has 0 unspecified atom stereocenters. The molecule has 0 aliphatic heterocycles. The molecule has 0 amide bonds. The van der Waals surface area contributed by atoms with Gasteiger partial charge in [-0.3, -0.25) is 0 Å². The first kappa shape index (κ1) is 17.4. The highest BCUT2D eigenvalue weighted by Gasteiger charge is 2.23. The molecule has 2 aromatic carbocycles. The SMILES string of the molecule is CS(=O)(=O)c1nc(-c2ccccc2Cl)c2c(N)n(-c3ccccc3)nc2n1. The van der Waals surface area contributed by atoms with E-state index in [1.807, 2.05) is 30.3 Å². The van der Waals surface area contributed by atoms with Gasteiger partial charge >= 0.3 is 0 Å². The van der Waals surface area contributed by atoms with Gasteiger partial charge in [-0.1, -0.05) is 48.0 Å². The molecule has 0 aliphatic carbocycles. The average Bonchev–Trinajstić information content (AvgIpc) is 2.98. The summed E-state index contributed by atoms with van der Waals surface area (Å²) in [5.41, 5.74) is 8.13. The first-order valence-corrected chi connectivity index (χ1v) is 10.2. The standard InChI is InChI=1S/C18H14ClN5O2S/c1-27(25,26)18-21-15(12-9-5-6-10-13(12)19)14-16(20)24(23-17(14)22-18)11-7-3-2-4-8-11/h2-10H,20H2,1H3. The molecule has 0 bridgehead atoms. The second kappa shape index (κ2) is 6.33. The Kier molecular flexibility index (Phi) is 4.09. The van der Waals surface area contributed by atoms with E-state index < -0.39 is 9.84 Å². The Morgan fingerprint density at radius 1 is 1.00 bits per heavy atom. The van der Waals surface area contributed by atoms with E-state index in [1.165, 1.54) is 4.68 Å². The van der Waals surface area contributed by atoms with Gasteiger partial charge in [-0.25, -0.2) is 18.1 Å². The molecule has 0 aliphatic rings. The van der Waals surface area contributed by atoms with E-state index in [9.17, 15) is 8.42 Å². The number of benzene rings is 2. The van der Waals surface area contributed by atoms with Gasteiger partial charge in [0, 0.05) is 16.8 Å². The van der Waals surface area contributed by atoms with Gasteiger partial charge in [-0.2, -0.15) is 4.98 Å². The number of anilines is 1. The third-order valence-electron chi connectivity index (χ3n) is 4.01. The third kappa shape index (κ3) is 3.02.